The number of hydrogen-bond donors (Lipinski definition) is 2. The molecule has 23 heavy (non-hydrogen) atoms. The molecular formula is C16H29Cl2N3OS. The third-order valence-corrected chi connectivity index (χ3v) is 5.20. The second kappa shape index (κ2) is 11.3. The van der Waals surface area contributed by atoms with E-state index < -0.39 is 0 Å². The van der Waals surface area contributed by atoms with E-state index in [9.17, 15) is 4.79 Å². The Hall–Kier alpha value is -0.330. The van der Waals surface area contributed by atoms with Crippen LogP contribution in [0, 0.1) is 5.92 Å². The molecule has 1 aromatic rings. The van der Waals surface area contributed by atoms with Gasteiger partial charge in [0.2, 0.25) is 5.91 Å². The molecule has 1 aromatic heterocycles. The SMILES string of the molecule is CCN(CC)C(CNC(=O)C1CCC(N)C1)c1ccsc1.Cl.Cl. The van der Waals surface area contributed by atoms with Gasteiger partial charge in [0.05, 0.1) is 6.04 Å². The highest BCUT2D eigenvalue weighted by Crippen LogP contribution is 2.25. The van der Waals surface area contributed by atoms with Crippen LogP contribution >= 0.6 is 36.2 Å². The highest BCUT2D eigenvalue weighted by molar-refractivity contribution is 7.07. The predicted octanol–water partition coefficient (Wildman–Crippen LogP) is 3.22. The molecule has 0 radical (unpaired) electrons. The van der Waals surface area contributed by atoms with E-state index in [0.29, 0.717) is 6.54 Å². The van der Waals surface area contributed by atoms with Gasteiger partial charge in [-0.2, -0.15) is 11.3 Å². The average molecular weight is 382 g/mol. The number of halogens is 2. The quantitative estimate of drug-likeness (QED) is 0.761. The van der Waals surface area contributed by atoms with E-state index in [1.165, 1.54) is 5.56 Å². The Bertz CT molecular complexity index is 441. The van der Waals surface area contributed by atoms with Crippen molar-refractivity contribution in [3.8, 4) is 0 Å². The lowest BCUT2D eigenvalue weighted by molar-refractivity contribution is -0.125. The minimum Gasteiger partial charge on any atom is -0.354 e. The minimum absolute atomic E-state index is 0. The highest BCUT2D eigenvalue weighted by Gasteiger charge is 2.28. The number of rotatable bonds is 7. The lowest BCUT2D eigenvalue weighted by Gasteiger charge is -2.29. The second-order valence-electron chi connectivity index (χ2n) is 5.81. The van der Waals surface area contributed by atoms with Crippen molar-refractivity contribution in [2.24, 2.45) is 11.7 Å². The zero-order valence-electron chi connectivity index (χ0n) is 13.9. The van der Waals surface area contributed by atoms with Crippen molar-refractivity contribution in [2.45, 2.75) is 45.2 Å². The van der Waals surface area contributed by atoms with Crippen molar-refractivity contribution in [1.29, 1.82) is 0 Å². The molecule has 7 heteroatoms. The van der Waals surface area contributed by atoms with Crippen LogP contribution in [0.5, 0.6) is 0 Å². The fourth-order valence-corrected chi connectivity index (χ4v) is 3.89. The first kappa shape index (κ1) is 22.7. The molecule has 4 nitrogen and oxygen atoms in total. The van der Waals surface area contributed by atoms with Crippen molar-refractivity contribution in [2.75, 3.05) is 19.6 Å². The molecule has 3 atom stereocenters. The van der Waals surface area contributed by atoms with Crippen LogP contribution in [-0.4, -0.2) is 36.5 Å². The molecule has 2 rings (SSSR count). The zero-order chi connectivity index (χ0) is 15.2. The summed E-state index contributed by atoms with van der Waals surface area (Å²) in [7, 11) is 0. The summed E-state index contributed by atoms with van der Waals surface area (Å²) >= 11 is 1.71. The molecular weight excluding hydrogens is 353 g/mol. The van der Waals surface area contributed by atoms with Crippen molar-refractivity contribution < 1.29 is 4.79 Å². The van der Waals surface area contributed by atoms with E-state index in [4.69, 9.17) is 5.73 Å². The molecule has 0 aliphatic heterocycles. The predicted molar refractivity (Wildman–Crippen MR) is 103 cm³/mol. The van der Waals surface area contributed by atoms with Crippen LogP contribution in [0.15, 0.2) is 16.8 Å². The van der Waals surface area contributed by atoms with Gasteiger partial charge in [0.1, 0.15) is 0 Å². The number of thiophene rings is 1. The maximum absolute atomic E-state index is 12.3. The average Bonchev–Trinajstić information content (AvgIpc) is 3.14. The molecule has 0 saturated heterocycles. The van der Waals surface area contributed by atoms with Crippen molar-refractivity contribution in [3.05, 3.63) is 22.4 Å². The summed E-state index contributed by atoms with van der Waals surface area (Å²) in [5.74, 6) is 0.287. The standard InChI is InChI=1S/C16H27N3OS.2ClH/c1-3-19(4-2)15(13-7-8-21-11-13)10-18-16(20)12-5-6-14(17)9-12;;/h7-8,11-12,14-15H,3-6,9-10,17H2,1-2H3,(H,18,20);2*1H. The van der Waals surface area contributed by atoms with Crippen molar-refractivity contribution in [3.63, 3.8) is 0 Å². The monoisotopic (exact) mass is 381 g/mol. The van der Waals surface area contributed by atoms with Gasteiger partial charge in [0.15, 0.2) is 0 Å². The molecule has 1 aliphatic carbocycles. The summed E-state index contributed by atoms with van der Waals surface area (Å²) < 4.78 is 0. The molecule has 0 spiro atoms. The minimum atomic E-state index is 0. The first-order valence-electron chi connectivity index (χ1n) is 7.95. The first-order valence-corrected chi connectivity index (χ1v) is 8.89. The van der Waals surface area contributed by atoms with Gasteiger partial charge in [-0.15, -0.1) is 24.8 Å². The normalized spacial score (nSPS) is 21.4. The summed E-state index contributed by atoms with van der Waals surface area (Å²) in [6, 6.07) is 2.63. The highest BCUT2D eigenvalue weighted by atomic mass is 35.5. The number of likely N-dealkylation sites (N-methyl/N-ethyl adjacent to an activating group) is 1. The Morgan fingerprint density at radius 2 is 2.09 bits per heavy atom. The lowest BCUT2D eigenvalue weighted by Crippen LogP contribution is -2.39. The zero-order valence-corrected chi connectivity index (χ0v) is 16.3. The maximum Gasteiger partial charge on any atom is 0.223 e. The smallest absolute Gasteiger partial charge is 0.223 e. The van der Waals surface area contributed by atoms with Crippen LogP contribution in [0.4, 0.5) is 0 Å². The van der Waals surface area contributed by atoms with E-state index >= 15 is 0 Å². The molecule has 0 aromatic carbocycles. The molecule has 1 fully saturated rings. The van der Waals surface area contributed by atoms with Crippen LogP contribution in [-0.2, 0) is 4.79 Å². The van der Waals surface area contributed by atoms with E-state index in [-0.39, 0.29) is 48.7 Å². The van der Waals surface area contributed by atoms with Crippen LogP contribution in [0.3, 0.4) is 0 Å². The number of nitrogens with one attached hydrogen (secondary N) is 1. The summed E-state index contributed by atoms with van der Waals surface area (Å²) in [5, 5.41) is 7.43. The summed E-state index contributed by atoms with van der Waals surface area (Å²) in [6.07, 6.45) is 2.74. The summed E-state index contributed by atoms with van der Waals surface area (Å²) in [4.78, 5) is 14.7. The van der Waals surface area contributed by atoms with Gasteiger partial charge < -0.3 is 11.1 Å². The Labute approximate surface area is 156 Å². The van der Waals surface area contributed by atoms with Crippen LogP contribution < -0.4 is 11.1 Å². The number of nitrogens with zero attached hydrogens (tertiary/aromatic N) is 1. The maximum atomic E-state index is 12.3. The fraction of sp³-hybridized carbons (Fsp3) is 0.688. The summed E-state index contributed by atoms with van der Waals surface area (Å²) in [5.41, 5.74) is 7.20. The summed E-state index contributed by atoms with van der Waals surface area (Å²) in [6.45, 7) is 6.99. The first-order chi connectivity index (χ1) is 10.2. The van der Waals surface area contributed by atoms with E-state index in [0.717, 1.165) is 32.4 Å². The Kier molecular flexibility index (Phi) is 11.1. The topological polar surface area (TPSA) is 58.4 Å². The van der Waals surface area contributed by atoms with Gasteiger partial charge in [-0.25, -0.2) is 0 Å². The largest absolute Gasteiger partial charge is 0.354 e. The van der Waals surface area contributed by atoms with Gasteiger partial charge in [-0.1, -0.05) is 13.8 Å². The van der Waals surface area contributed by atoms with Crippen molar-refractivity contribution >= 4 is 42.1 Å². The van der Waals surface area contributed by atoms with Gasteiger partial charge in [0.25, 0.3) is 0 Å². The van der Waals surface area contributed by atoms with E-state index in [1.807, 2.05) is 0 Å². The lowest BCUT2D eigenvalue weighted by atomic mass is 10.1. The van der Waals surface area contributed by atoms with Crippen molar-refractivity contribution in [1.82, 2.24) is 10.2 Å². The fourth-order valence-electron chi connectivity index (χ4n) is 3.18. The van der Waals surface area contributed by atoms with Crippen LogP contribution in [0.2, 0.25) is 0 Å². The van der Waals surface area contributed by atoms with Crippen LogP contribution in [0.25, 0.3) is 0 Å². The van der Waals surface area contributed by atoms with Gasteiger partial charge in [-0.3, -0.25) is 9.69 Å². The Morgan fingerprint density at radius 1 is 1.39 bits per heavy atom. The molecule has 1 aliphatic rings. The van der Waals surface area contributed by atoms with Gasteiger partial charge in [0, 0.05) is 18.5 Å². The van der Waals surface area contributed by atoms with Gasteiger partial charge >= 0.3 is 0 Å². The van der Waals surface area contributed by atoms with Crippen LogP contribution in [0.1, 0.15) is 44.7 Å². The molecule has 0 bridgehead atoms. The molecule has 3 unspecified atom stereocenters. The number of nitrogens with two attached hydrogens (primary N) is 1. The number of amides is 1. The molecule has 134 valence electrons. The van der Waals surface area contributed by atoms with E-state index in [1.54, 1.807) is 11.3 Å². The molecule has 1 amide bonds. The van der Waals surface area contributed by atoms with E-state index in [2.05, 4.69) is 40.9 Å². The number of carbonyl (C=O) groups is 1. The molecule has 3 N–H and O–H groups in total. The Morgan fingerprint density at radius 3 is 2.57 bits per heavy atom. The molecule has 1 heterocycles. The number of carbonyl (C=O) groups excluding carboxylic acids is 1. The third kappa shape index (κ3) is 6.24. The Balaban J connectivity index is 0.00000242. The number of hydrogen-bond acceptors (Lipinski definition) is 4. The molecule has 1 saturated carbocycles. The second-order valence-corrected chi connectivity index (χ2v) is 6.59. The third-order valence-electron chi connectivity index (χ3n) is 4.49. The van der Waals surface area contributed by atoms with Gasteiger partial charge in [-0.05, 0) is 54.7 Å².